The molecule has 0 radical (unpaired) electrons. The highest BCUT2D eigenvalue weighted by atomic mass is 19.1. The van der Waals surface area contributed by atoms with E-state index in [1.54, 1.807) is 18.2 Å². The Labute approximate surface area is 163 Å². The van der Waals surface area contributed by atoms with Gasteiger partial charge in [0.05, 0.1) is 19.2 Å². The largest absolute Gasteiger partial charge is 0.488 e. The third-order valence-electron chi connectivity index (χ3n) is 5.39. The van der Waals surface area contributed by atoms with E-state index in [-0.39, 0.29) is 17.5 Å². The number of esters is 1. The Hall–Kier alpha value is -2.63. The van der Waals surface area contributed by atoms with E-state index in [1.165, 1.54) is 25.3 Å². The number of carbonyl (C=O) groups is 1. The number of ether oxygens (including phenoxy) is 2. The number of carbonyl (C=O) groups excluding carboxylic acids is 1. The van der Waals surface area contributed by atoms with Crippen LogP contribution in [0.2, 0.25) is 0 Å². The summed E-state index contributed by atoms with van der Waals surface area (Å²) in [6, 6.07) is 9.32. The molecular weight excluding hydrogens is 364 g/mol. The Kier molecular flexibility index (Phi) is 5.20. The summed E-state index contributed by atoms with van der Waals surface area (Å²) in [6.45, 7) is 1.52. The molecule has 6 heteroatoms. The number of piperidine rings is 1. The summed E-state index contributed by atoms with van der Waals surface area (Å²) in [5.74, 6) is -0.748. The zero-order valence-corrected chi connectivity index (χ0v) is 15.8. The average molecular weight is 387 g/mol. The second kappa shape index (κ2) is 7.78. The molecule has 0 spiro atoms. The lowest BCUT2D eigenvalue weighted by Crippen LogP contribution is -2.41. The van der Waals surface area contributed by atoms with E-state index in [9.17, 15) is 13.6 Å². The van der Waals surface area contributed by atoms with E-state index in [2.05, 4.69) is 9.64 Å². The zero-order chi connectivity index (χ0) is 19.7. The van der Waals surface area contributed by atoms with Gasteiger partial charge in [-0.25, -0.2) is 13.6 Å². The quantitative estimate of drug-likeness (QED) is 0.699. The Morgan fingerprint density at radius 3 is 2.54 bits per heavy atom. The molecule has 0 amide bonds. The van der Waals surface area contributed by atoms with E-state index >= 15 is 0 Å². The minimum atomic E-state index is -0.675. The Morgan fingerprint density at radius 2 is 1.86 bits per heavy atom. The van der Waals surface area contributed by atoms with Crippen molar-refractivity contribution >= 4 is 11.7 Å². The highest BCUT2D eigenvalue weighted by Crippen LogP contribution is 2.45. The second-order valence-corrected chi connectivity index (χ2v) is 7.44. The van der Waals surface area contributed by atoms with Gasteiger partial charge in [-0.05, 0) is 67.5 Å². The monoisotopic (exact) mass is 387 g/mol. The van der Waals surface area contributed by atoms with Crippen LogP contribution >= 0.6 is 0 Å². The van der Waals surface area contributed by atoms with Crippen LogP contribution in [-0.4, -0.2) is 32.3 Å². The number of methoxy groups -OCH3 is 1. The number of benzene rings is 2. The Bertz CT molecular complexity index is 865. The van der Waals surface area contributed by atoms with Crippen molar-refractivity contribution in [2.45, 2.75) is 37.7 Å². The lowest BCUT2D eigenvalue weighted by Gasteiger charge is -2.35. The Balaban J connectivity index is 1.54. The van der Waals surface area contributed by atoms with Gasteiger partial charge in [-0.2, -0.15) is 0 Å². The molecule has 1 saturated carbocycles. The first kappa shape index (κ1) is 18.7. The highest BCUT2D eigenvalue weighted by molar-refractivity contribution is 5.90. The van der Waals surface area contributed by atoms with Crippen molar-refractivity contribution in [3.63, 3.8) is 0 Å². The highest BCUT2D eigenvalue weighted by Gasteiger charge is 2.31. The van der Waals surface area contributed by atoms with Crippen LogP contribution in [0.3, 0.4) is 0 Å². The van der Waals surface area contributed by atoms with Crippen LogP contribution < -0.4 is 9.64 Å². The number of nitrogens with zero attached hydrogens (tertiary/aromatic N) is 1. The molecule has 0 N–H and O–H groups in total. The normalized spacial score (nSPS) is 19.4. The molecule has 148 valence electrons. The number of anilines is 1. The van der Waals surface area contributed by atoms with Gasteiger partial charge in [0, 0.05) is 18.3 Å². The summed E-state index contributed by atoms with van der Waals surface area (Å²) in [5, 5.41) is 0. The molecule has 2 aliphatic rings. The first-order valence-corrected chi connectivity index (χ1v) is 9.64. The molecule has 1 aliphatic carbocycles. The minimum absolute atomic E-state index is 0.0478. The van der Waals surface area contributed by atoms with Gasteiger partial charge in [-0.1, -0.05) is 0 Å². The van der Waals surface area contributed by atoms with E-state index in [0.29, 0.717) is 18.2 Å². The summed E-state index contributed by atoms with van der Waals surface area (Å²) in [7, 11) is 1.25. The van der Waals surface area contributed by atoms with Crippen LogP contribution in [0.15, 0.2) is 36.4 Å². The third kappa shape index (κ3) is 3.96. The molecule has 4 rings (SSSR count). The van der Waals surface area contributed by atoms with Crippen LogP contribution in [0.1, 0.15) is 47.5 Å². The van der Waals surface area contributed by atoms with Gasteiger partial charge < -0.3 is 14.4 Å². The zero-order valence-electron chi connectivity index (χ0n) is 15.8. The van der Waals surface area contributed by atoms with Gasteiger partial charge in [0.2, 0.25) is 0 Å². The number of hydrogen-bond donors (Lipinski definition) is 0. The summed E-state index contributed by atoms with van der Waals surface area (Å²) in [6.07, 6.45) is 3.72. The molecule has 1 saturated heterocycles. The topological polar surface area (TPSA) is 38.8 Å². The molecule has 1 aliphatic heterocycles. The maximum atomic E-state index is 14.5. The fraction of sp³-hybridized carbons (Fsp3) is 0.409. The van der Waals surface area contributed by atoms with E-state index in [4.69, 9.17) is 4.74 Å². The average Bonchev–Trinajstić information content (AvgIpc) is 3.53. The van der Waals surface area contributed by atoms with E-state index in [0.717, 1.165) is 43.5 Å². The van der Waals surface area contributed by atoms with Crippen LogP contribution in [0.4, 0.5) is 14.5 Å². The predicted molar refractivity (Wildman–Crippen MR) is 102 cm³/mol. The van der Waals surface area contributed by atoms with Crippen molar-refractivity contribution in [1.82, 2.24) is 0 Å². The Morgan fingerprint density at radius 1 is 1.11 bits per heavy atom. The molecule has 1 atom stereocenters. The molecule has 1 heterocycles. The van der Waals surface area contributed by atoms with E-state index < -0.39 is 11.8 Å². The molecule has 4 nitrogen and oxygen atoms in total. The molecule has 0 aromatic heterocycles. The number of halogens is 2. The molecule has 2 aromatic carbocycles. The lowest BCUT2D eigenvalue weighted by atomic mass is 10.0. The van der Waals surface area contributed by atoms with Crippen LogP contribution in [0, 0.1) is 11.6 Å². The van der Waals surface area contributed by atoms with Crippen LogP contribution in [0.5, 0.6) is 5.75 Å². The predicted octanol–water partition coefficient (Wildman–Crippen LogP) is 4.68. The van der Waals surface area contributed by atoms with Crippen molar-refractivity contribution in [3.05, 3.63) is 59.2 Å². The fourth-order valence-electron chi connectivity index (χ4n) is 3.75. The smallest absolute Gasteiger partial charge is 0.340 e. The molecule has 2 aromatic rings. The van der Waals surface area contributed by atoms with Gasteiger partial charge in [0.25, 0.3) is 0 Å². The molecule has 2 fully saturated rings. The summed E-state index contributed by atoms with van der Waals surface area (Å²) in [5.41, 5.74) is 1.78. The lowest BCUT2D eigenvalue weighted by molar-refractivity contribution is 0.0595. The number of hydrogen-bond acceptors (Lipinski definition) is 4. The minimum Gasteiger partial charge on any atom is -0.488 e. The number of rotatable bonds is 5. The molecule has 0 unspecified atom stereocenters. The van der Waals surface area contributed by atoms with Crippen LogP contribution in [-0.2, 0) is 4.74 Å². The van der Waals surface area contributed by atoms with Crippen molar-refractivity contribution in [1.29, 1.82) is 0 Å². The van der Waals surface area contributed by atoms with Crippen molar-refractivity contribution in [2.24, 2.45) is 0 Å². The van der Waals surface area contributed by atoms with Gasteiger partial charge in [0.15, 0.2) is 0 Å². The summed E-state index contributed by atoms with van der Waals surface area (Å²) in [4.78, 5) is 14.0. The van der Waals surface area contributed by atoms with Gasteiger partial charge in [0.1, 0.15) is 23.5 Å². The van der Waals surface area contributed by atoms with Gasteiger partial charge >= 0.3 is 5.97 Å². The second-order valence-electron chi connectivity index (χ2n) is 7.44. The molecular formula is C22H23F2NO3. The third-order valence-corrected chi connectivity index (χ3v) is 5.39. The van der Waals surface area contributed by atoms with Gasteiger partial charge in [-0.3, -0.25) is 0 Å². The fourth-order valence-corrected chi connectivity index (χ4v) is 3.75. The maximum absolute atomic E-state index is 14.5. The molecule has 0 bridgehead atoms. The van der Waals surface area contributed by atoms with Gasteiger partial charge in [-0.15, -0.1) is 0 Å². The first-order valence-electron chi connectivity index (χ1n) is 9.64. The van der Waals surface area contributed by atoms with Crippen LogP contribution in [0.25, 0.3) is 0 Å². The summed E-state index contributed by atoms with van der Waals surface area (Å²) >= 11 is 0. The molecule has 28 heavy (non-hydrogen) atoms. The van der Waals surface area contributed by atoms with E-state index in [1.807, 2.05) is 0 Å². The maximum Gasteiger partial charge on any atom is 0.340 e. The standard InChI is InChI=1S/C22H23F2NO3/c1-27-22(26)19-11-18(14-4-5-14)21(12-20(19)24)28-17-3-2-10-25(13-17)16-8-6-15(23)7-9-16/h6-9,11-12,14,17H,2-5,10,13H2,1H3/t17-/m1/s1. The SMILES string of the molecule is COC(=O)c1cc(C2CC2)c(O[C@@H]2CCCN(c3ccc(F)cc3)C2)cc1F. The first-order chi connectivity index (χ1) is 13.5. The van der Waals surface area contributed by atoms with Crippen molar-refractivity contribution in [2.75, 3.05) is 25.1 Å². The summed E-state index contributed by atoms with van der Waals surface area (Å²) < 4.78 is 38.5. The van der Waals surface area contributed by atoms with Crippen molar-refractivity contribution in [3.8, 4) is 5.75 Å². The van der Waals surface area contributed by atoms with Crippen molar-refractivity contribution < 1.29 is 23.0 Å².